The lowest BCUT2D eigenvalue weighted by Crippen LogP contribution is -2.76. The Hall–Kier alpha value is -1.59. The fraction of sp³-hybridized carbons (Fsp3) is 0.529. The molecule has 1 aliphatic carbocycles. The number of amides is 1. The summed E-state index contributed by atoms with van der Waals surface area (Å²) >= 11 is 6.04. The van der Waals surface area contributed by atoms with Crippen LogP contribution in [0.15, 0.2) is 18.2 Å². The minimum absolute atomic E-state index is 0.203. The number of carboxylic acids is 1. The van der Waals surface area contributed by atoms with E-state index in [2.05, 4.69) is 5.32 Å². The number of hydrogen-bond donors (Lipinski definition) is 2. The zero-order chi connectivity index (χ0) is 17.4. The molecule has 0 bridgehead atoms. The van der Waals surface area contributed by atoms with Gasteiger partial charge in [0.1, 0.15) is 5.54 Å². The molecule has 126 valence electrons. The van der Waals surface area contributed by atoms with Crippen molar-refractivity contribution in [3.8, 4) is 0 Å². The molecule has 2 unspecified atom stereocenters. The SMILES string of the molecule is CCOC1CC(NC(=O)c2ccc(C)c(Cl)c2)(C(=O)O)C1(C)C. The smallest absolute Gasteiger partial charge is 0.330 e. The minimum atomic E-state index is -1.35. The Kier molecular flexibility index (Phi) is 4.74. The predicted octanol–water partition coefficient (Wildman–Crippen LogP) is 3.04. The van der Waals surface area contributed by atoms with Crippen molar-refractivity contribution in [2.75, 3.05) is 6.61 Å². The number of nitrogens with one attached hydrogen (secondary N) is 1. The lowest BCUT2D eigenvalue weighted by Gasteiger charge is -2.58. The first-order valence-corrected chi connectivity index (χ1v) is 7.97. The Morgan fingerprint density at radius 2 is 2.09 bits per heavy atom. The molecule has 6 heteroatoms. The largest absolute Gasteiger partial charge is 0.479 e. The maximum Gasteiger partial charge on any atom is 0.330 e. The number of hydrogen-bond acceptors (Lipinski definition) is 3. The molecule has 2 rings (SSSR count). The number of aliphatic carboxylic acids is 1. The van der Waals surface area contributed by atoms with Crippen LogP contribution < -0.4 is 5.32 Å². The first-order chi connectivity index (χ1) is 10.7. The maximum absolute atomic E-state index is 12.5. The second-order valence-electron chi connectivity index (χ2n) is 6.50. The van der Waals surface area contributed by atoms with E-state index in [1.54, 1.807) is 32.0 Å². The van der Waals surface area contributed by atoms with Crippen molar-refractivity contribution >= 4 is 23.5 Å². The van der Waals surface area contributed by atoms with Gasteiger partial charge in [-0.05, 0) is 31.5 Å². The summed E-state index contributed by atoms with van der Waals surface area (Å²) in [6.45, 7) is 7.81. The molecule has 1 fully saturated rings. The van der Waals surface area contributed by atoms with E-state index in [9.17, 15) is 14.7 Å². The van der Waals surface area contributed by atoms with Crippen molar-refractivity contribution in [3.63, 3.8) is 0 Å². The van der Waals surface area contributed by atoms with Crippen LogP contribution in [-0.4, -0.2) is 35.2 Å². The molecule has 0 aliphatic heterocycles. The van der Waals surface area contributed by atoms with Gasteiger partial charge < -0.3 is 15.2 Å². The summed E-state index contributed by atoms with van der Waals surface area (Å²) in [4.78, 5) is 24.4. The summed E-state index contributed by atoms with van der Waals surface area (Å²) in [7, 11) is 0. The minimum Gasteiger partial charge on any atom is -0.479 e. The topological polar surface area (TPSA) is 75.6 Å². The van der Waals surface area contributed by atoms with Gasteiger partial charge in [-0.3, -0.25) is 4.79 Å². The summed E-state index contributed by atoms with van der Waals surface area (Å²) in [6, 6.07) is 4.92. The first-order valence-electron chi connectivity index (χ1n) is 7.59. The zero-order valence-corrected chi connectivity index (χ0v) is 14.5. The van der Waals surface area contributed by atoms with E-state index in [0.29, 0.717) is 17.2 Å². The number of rotatable bonds is 5. The lowest BCUT2D eigenvalue weighted by molar-refractivity contribution is -0.190. The van der Waals surface area contributed by atoms with E-state index in [1.807, 2.05) is 13.8 Å². The molecule has 1 amide bonds. The molecule has 23 heavy (non-hydrogen) atoms. The van der Waals surface area contributed by atoms with E-state index in [1.165, 1.54) is 0 Å². The van der Waals surface area contributed by atoms with Gasteiger partial charge in [0.05, 0.1) is 6.10 Å². The molecular formula is C17H22ClNO4. The number of benzene rings is 1. The van der Waals surface area contributed by atoms with Crippen molar-refractivity contribution in [1.29, 1.82) is 0 Å². The van der Waals surface area contributed by atoms with Gasteiger partial charge >= 0.3 is 5.97 Å². The van der Waals surface area contributed by atoms with Crippen LogP contribution >= 0.6 is 11.6 Å². The number of carboxylic acid groups (broad SMARTS) is 1. The van der Waals surface area contributed by atoms with Gasteiger partial charge in [0.15, 0.2) is 0 Å². The average molecular weight is 340 g/mol. The van der Waals surface area contributed by atoms with Crippen molar-refractivity contribution in [2.45, 2.75) is 45.8 Å². The second-order valence-corrected chi connectivity index (χ2v) is 6.91. The number of carbonyl (C=O) groups excluding carboxylic acids is 1. The maximum atomic E-state index is 12.5. The van der Waals surface area contributed by atoms with Gasteiger partial charge in [-0.2, -0.15) is 0 Å². The highest BCUT2D eigenvalue weighted by atomic mass is 35.5. The van der Waals surface area contributed by atoms with E-state index >= 15 is 0 Å². The second kappa shape index (κ2) is 6.13. The van der Waals surface area contributed by atoms with Gasteiger partial charge in [0.2, 0.25) is 0 Å². The molecule has 2 atom stereocenters. The highest BCUT2D eigenvalue weighted by molar-refractivity contribution is 6.31. The van der Waals surface area contributed by atoms with E-state index in [-0.39, 0.29) is 12.5 Å². The third-order valence-corrected chi connectivity index (χ3v) is 5.30. The van der Waals surface area contributed by atoms with Crippen molar-refractivity contribution in [1.82, 2.24) is 5.32 Å². The van der Waals surface area contributed by atoms with Crippen LogP contribution in [0.1, 0.15) is 43.1 Å². The fourth-order valence-electron chi connectivity index (χ4n) is 3.04. The van der Waals surface area contributed by atoms with Crippen LogP contribution in [0.5, 0.6) is 0 Å². The number of halogens is 1. The van der Waals surface area contributed by atoms with Crippen LogP contribution in [0, 0.1) is 12.3 Å². The summed E-state index contributed by atoms with van der Waals surface area (Å²) in [6.07, 6.45) is 0.0413. The molecular weight excluding hydrogens is 318 g/mol. The average Bonchev–Trinajstić information content (AvgIpc) is 2.48. The van der Waals surface area contributed by atoms with Crippen LogP contribution in [0.4, 0.5) is 0 Å². The third kappa shape index (κ3) is 2.83. The number of carbonyl (C=O) groups is 2. The van der Waals surface area contributed by atoms with Crippen LogP contribution in [0.2, 0.25) is 5.02 Å². The fourth-order valence-corrected chi connectivity index (χ4v) is 3.22. The van der Waals surface area contributed by atoms with E-state index in [0.717, 1.165) is 5.56 Å². The summed E-state index contributed by atoms with van der Waals surface area (Å²) in [5, 5.41) is 12.9. The molecule has 0 radical (unpaired) electrons. The summed E-state index contributed by atoms with van der Waals surface area (Å²) in [5.74, 6) is -1.50. The van der Waals surface area contributed by atoms with Gasteiger partial charge in [-0.25, -0.2) is 4.79 Å². The van der Waals surface area contributed by atoms with E-state index < -0.39 is 22.8 Å². The molecule has 0 aromatic heterocycles. The molecule has 0 spiro atoms. The van der Waals surface area contributed by atoms with Crippen LogP contribution in [0.3, 0.4) is 0 Å². The molecule has 1 aliphatic rings. The predicted molar refractivity (Wildman–Crippen MR) is 87.8 cm³/mol. The quantitative estimate of drug-likeness (QED) is 0.864. The molecule has 1 aromatic carbocycles. The summed E-state index contributed by atoms with van der Waals surface area (Å²) < 4.78 is 5.58. The molecule has 1 saturated carbocycles. The van der Waals surface area contributed by atoms with Crippen LogP contribution in [0.25, 0.3) is 0 Å². The lowest BCUT2D eigenvalue weighted by atomic mass is 9.54. The Labute approximate surface area is 141 Å². The highest BCUT2D eigenvalue weighted by Crippen LogP contribution is 2.51. The van der Waals surface area contributed by atoms with Crippen molar-refractivity contribution in [2.24, 2.45) is 5.41 Å². The van der Waals surface area contributed by atoms with Gasteiger partial charge in [-0.1, -0.05) is 31.5 Å². The molecule has 1 aromatic rings. The van der Waals surface area contributed by atoms with Crippen molar-refractivity contribution in [3.05, 3.63) is 34.3 Å². The molecule has 2 N–H and O–H groups in total. The normalized spacial score (nSPS) is 25.5. The van der Waals surface area contributed by atoms with Gasteiger partial charge in [-0.15, -0.1) is 0 Å². The third-order valence-electron chi connectivity index (χ3n) is 4.89. The monoisotopic (exact) mass is 339 g/mol. The number of aryl methyl sites for hydroxylation is 1. The molecule has 5 nitrogen and oxygen atoms in total. The Bertz CT molecular complexity index is 643. The van der Waals surface area contributed by atoms with Gasteiger partial charge in [0, 0.05) is 29.0 Å². The Morgan fingerprint density at radius 3 is 2.57 bits per heavy atom. The van der Waals surface area contributed by atoms with Crippen LogP contribution in [-0.2, 0) is 9.53 Å². The van der Waals surface area contributed by atoms with Gasteiger partial charge in [0.25, 0.3) is 5.91 Å². The molecule has 0 heterocycles. The van der Waals surface area contributed by atoms with Crippen molar-refractivity contribution < 1.29 is 19.4 Å². The number of ether oxygens (including phenoxy) is 1. The first kappa shape index (κ1) is 17.8. The molecule has 0 saturated heterocycles. The Balaban J connectivity index is 2.26. The highest BCUT2D eigenvalue weighted by Gasteiger charge is 2.66. The van der Waals surface area contributed by atoms with E-state index in [4.69, 9.17) is 16.3 Å². The zero-order valence-electron chi connectivity index (χ0n) is 13.8. The standard InChI is InChI=1S/C17H22ClNO4/c1-5-23-13-9-17(15(21)22,16(13,3)4)19-14(20)11-7-6-10(2)12(18)8-11/h6-8,13H,5,9H2,1-4H3,(H,19,20)(H,21,22). The summed E-state index contributed by atoms with van der Waals surface area (Å²) in [5.41, 5.74) is -0.853. The Morgan fingerprint density at radius 1 is 1.43 bits per heavy atom.